The maximum absolute atomic E-state index is 13.9. The van der Waals surface area contributed by atoms with Crippen molar-refractivity contribution in [2.45, 2.75) is 18.1 Å². The summed E-state index contributed by atoms with van der Waals surface area (Å²) in [5.41, 5.74) is 1.05. The van der Waals surface area contributed by atoms with Crippen molar-refractivity contribution in [1.29, 1.82) is 0 Å². The molecule has 13 heteroatoms. The summed E-state index contributed by atoms with van der Waals surface area (Å²) < 4.78 is 56.0. The van der Waals surface area contributed by atoms with Crippen LogP contribution in [-0.4, -0.2) is 74.2 Å². The molecular formula is C21H20F4N6O2S. The minimum Gasteiger partial charge on any atom is -0.406 e. The van der Waals surface area contributed by atoms with Crippen molar-refractivity contribution in [3.63, 3.8) is 0 Å². The highest BCUT2D eigenvalue weighted by Crippen LogP contribution is 2.25. The summed E-state index contributed by atoms with van der Waals surface area (Å²) in [5, 5.41) is 11.7. The summed E-state index contributed by atoms with van der Waals surface area (Å²) in [4.78, 5) is 16.5. The summed E-state index contributed by atoms with van der Waals surface area (Å²) >= 11 is 1.13. The summed E-state index contributed by atoms with van der Waals surface area (Å²) in [7, 11) is 0. The van der Waals surface area contributed by atoms with Crippen LogP contribution in [-0.2, 0) is 11.3 Å². The van der Waals surface area contributed by atoms with Crippen LogP contribution >= 0.6 is 11.8 Å². The Kier molecular flexibility index (Phi) is 7.32. The zero-order valence-corrected chi connectivity index (χ0v) is 18.6. The molecule has 4 rings (SSSR count). The molecule has 1 fully saturated rings. The van der Waals surface area contributed by atoms with Crippen LogP contribution < -0.4 is 4.74 Å². The monoisotopic (exact) mass is 496 g/mol. The quantitative estimate of drug-likeness (QED) is 0.368. The van der Waals surface area contributed by atoms with E-state index in [4.69, 9.17) is 0 Å². The van der Waals surface area contributed by atoms with E-state index >= 15 is 0 Å². The largest absolute Gasteiger partial charge is 0.573 e. The Bertz CT molecular complexity index is 1120. The van der Waals surface area contributed by atoms with Gasteiger partial charge >= 0.3 is 6.36 Å². The van der Waals surface area contributed by atoms with E-state index < -0.39 is 6.36 Å². The van der Waals surface area contributed by atoms with E-state index in [9.17, 15) is 22.4 Å². The molecule has 0 radical (unpaired) electrons. The van der Waals surface area contributed by atoms with Gasteiger partial charge in [-0.05, 0) is 40.8 Å². The Morgan fingerprint density at radius 3 is 2.41 bits per heavy atom. The Labute approximate surface area is 196 Å². The van der Waals surface area contributed by atoms with Gasteiger partial charge in [0.2, 0.25) is 11.1 Å². The molecule has 2 aromatic carbocycles. The standard InChI is InChI=1S/C21H20F4N6O2S/c22-18-4-2-1-3-15(18)13-29-9-11-30(12-10-29)19(32)14-34-20-26-27-28-31(20)16-5-7-17(8-6-16)33-21(23,24)25/h1-8H,9-14H2. The lowest BCUT2D eigenvalue weighted by Gasteiger charge is -2.34. The second kappa shape index (κ2) is 10.4. The number of hydrogen-bond acceptors (Lipinski definition) is 7. The molecule has 0 N–H and O–H groups in total. The Hall–Kier alpha value is -3.19. The molecule has 0 bridgehead atoms. The summed E-state index contributed by atoms with van der Waals surface area (Å²) in [6.45, 7) is 2.81. The van der Waals surface area contributed by atoms with Gasteiger partial charge in [0.05, 0.1) is 11.4 Å². The highest BCUT2D eigenvalue weighted by molar-refractivity contribution is 7.99. The van der Waals surface area contributed by atoms with E-state index in [-0.39, 0.29) is 23.2 Å². The third kappa shape index (κ3) is 6.23. The Morgan fingerprint density at radius 2 is 1.74 bits per heavy atom. The fourth-order valence-electron chi connectivity index (χ4n) is 3.46. The van der Waals surface area contributed by atoms with Crippen LogP contribution in [0.4, 0.5) is 17.6 Å². The lowest BCUT2D eigenvalue weighted by molar-refractivity contribution is -0.274. The number of aromatic nitrogens is 4. The molecule has 2 heterocycles. The molecule has 1 aliphatic rings. The third-order valence-electron chi connectivity index (χ3n) is 5.16. The number of benzene rings is 2. The minimum absolute atomic E-state index is 0.0842. The van der Waals surface area contributed by atoms with Gasteiger partial charge in [0, 0.05) is 38.3 Å². The van der Waals surface area contributed by atoms with Gasteiger partial charge in [-0.25, -0.2) is 4.39 Å². The normalized spacial score (nSPS) is 14.9. The average Bonchev–Trinajstić information content (AvgIpc) is 3.28. The van der Waals surface area contributed by atoms with Crippen LogP contribution in [0.3, 0.4) is 0 Å². The number of piperazine rings is 1. The predicted molar refractivity (Wildman–Crippen MR) is 115 cm³/mol. The maximum atomic E-state index is 13.9. The summed E-state index contributed by atoms with van der Waals surface area (Å²) in [5.74, 6) is -0.581. The molecule has 0 unspecified atom stereocenters. The zero-order chi connectivity index (χ0) is 24.1. The molecule has 180 valence electrons. The van der Waals surface area contributed by atoms with E-state index in [2.05, 4.69) is 25.2 Å². The van der Waals surface area contributed by atoms with Crippen LogP contribution in [0.5, 0.6) is 5.75 Å². The fraction of sp³-hybridized carbons (Fsp3) is 0.333. The number of thioether (sulfide) groups is 1. The van der Waals surface area contributed by atoms with Crippen LogP contribution in [0.2, 0.25) is 0 Å². The molecule has 34 heavy (non-hydrogen) atoms. The average molecular weight is 496 g/mol. The first kappa shape index (κ1) is 24.0. The van der Waals surface area contributed by atoms with Crippen molar-refractivity contribution in [2.75, 3.05) is 31.9 Å². The number of nitrogens with zero attached hydrogens (tertiary/aromatic N) is 6. The molecule has 1 saturated heterocycles. The van der Waals surface area contributed by atoms with E-state index in [1.807, 2.05) is 0 Å². The third-order valence-corrected chi connectivity index (χ3v) is 6.06. The second-order valence-electron chi connectivity index (χ2n) is 7.45. The number of alkyl halides is 3. The van der Waals surface area contributed by atoms with Gasteiger partial charge < -0.3 is 9.64 Å². The van der Waals surface area contributed by atoms with Crippen molar-refractivity contribution >= 4 is 17.7 Å². The van der Waals surface area contributed by atoms with Crippen LogP contribution in [0.15, 0.2) is 53.7 Å². The second-order valence-corrected chi connectivity index (χ2v) is 8.39. The first-order valence-electron chi connectivity index (χ1n) is 10.3. The molecule has 0 aliphatic carbocycles. The van der Waals surface area contributed by atoms with Crippen LogP contribution in [0, 0.1) is 5.82 Å². The van der Waals surface area contributed by atoms with Gasteiger partial charge in [-0.1, -0.05) is 30.0 Å². The van der Waals surface area contributed by atoms with Gasteiger partial charge in [-0.3, -0.25) is 9.69 Å². The lowest BCUT2D eigenvalue weighted by Crippen LogP contribution is -2.48. The van der Waals surface area contributed by atoms with E-state index in [1.54, 1.807) is 23.1 Å². The first-order valence-corrected chi connectivity index (χ1v) is 11.3. The molecule has 1 aromatic heterocycles. The number of hydrogen-bond donors (Lipinski definition) is 0. The van der Waals surface area contributed by atoms with E-state index in [1.165, 1.54) is 22.9 Å². The van der Waals surface area contributed by atoms with Gasteiger partial charge in [0.1, 0.15) is 11.6 Å². The summed E-state index contributed by atoms with van der Waals surface area (Å²) in [6, 6.07) is 11.7. The van der Waals surface area contributed by atoms with Crippen LogP contribution in [0.1, 0.15) is 5.56 Å². The maximum Gasteiger partial charge on any atom is 0.573 e. The Morgan fingerprint density at radius 1 is 1.03 bits per heavy atom. The van der Waals surface area contributed by atoms with Gasteiger partial charge in [0.15, 0.2) is 0 Å². The van der Waals surface area contributed by atoms with Crippen molar-refractivity contribution in [3.8, 4) is 11.4 Å². The number of amides is 1. The molecule has 1 aliphatic heterocycles. The number of ether oxygens (including phenoxy) is 1. The number of rotatable bonds is 7. The van der Waals surface area contributed by atoms with E-state index in [0.29, 0.717) is 49.1 Å². The van der Waals surface area contributed by atoms with E-state index in [0.717, 1.165) is 23.9 Å². The number of tetrazole rings is 1. The Balaban J connectivity index is 1.28. The molecule has 0 spiro atoms. The lowest BCUT2D eigenvalue weighted by atomic mass is 10.2. The molecule has 3 aromatic rings. The minimum atomic E-state index is -4.78. The fourth-order valence-corrected chi connectivity index (χ4v) is 4.25. The highest BCUT2D eigenvalue weighted by Gasteiger charge is 2.31. The number of carbonyl (C=O) groups excluding carboxylic acids is 1. The van der Waals surface area contributed by atoms with Gasteiger partial charge in [0.25, 0.3) is 0 Å². The first-order chi connectivity index (χ1) is 16.3. The van der Waals surface area contributed by atoms with Crippen molar-refractivity contribution in [3.05, 3.63) is 59.9 Å². The van der Waals surface area contributed by atoms with Crippen molar-refractivity contribution in [2.24, 2.45) is 0 Å². The zero-order valence-electron chi connectivity index (χ0n) is 17.8. The topological polar surface area (TPSA) is 76.4 Å². The molecular weight excluding hydrogens is 476 g/mol. The van der Waals surface area contributed by atoms with Gasteiger partial charge in [-0.15, -0.1) is 18.3 Å². The highest BCUT2D eigenvalue weighted by atomic mass is 32.2. The van der Waals surface area contributed by atoms with Gasteiger partial charge in [-0.2, -0.15) is 4.68 Å². The number of halogens is 4. The predicted octanol–water partition coefficient (Wildman–Crippen LogP) is 3.14. The number of carbonyl (C=O) groups is 1. The molecule has 0 atom stereocenters. The SMILES string of the molecule is O=C(CSc1nnnn1-c1ccc(OC(F)(F)F)cc1)N1CCN(Cc2ccccc2F)CC1. The molecule has 1 amide bonds. The summed E-state index contributed by atoms with van der Waals surface area (Å²) in [6.07, 6.45) is -4.78. The molecule has 0 saturated carbocycles. The smallest absolute Gasteiger partial charge is 0.406 e. The van der Waals surface area contributed by atoms with Crippen molar-refractivity contribution < 1.29 is 27.1 Å². The van der Waals surface area contributed by atoms with Crippen LogP contribution in [0.25, 0.3) is 5.69 Å². The van der Waals surface area contributed by atoms with Crippen molar-refractivity contribution in [1.82, 2.24) is 30.0 Å². The molecule has 8 nitrogen and oxygen atoms in total.